The van der Waals surface area contributed by atoms with Crippen LogP contribution in [-0.2, 0) is 4.74 Å². The quantitative estimate of drug-likeness (QED) is 0.471. The molecule has 0 aliphatic rings. The zero-order valence-electron chi connectivity index (χ0n) is 8.93. The van der Waals surface area contributed by atoms with Crippen molar-refractivity contribution in [3.05, 3.63) is 5.82 Å². The number of aliphatic hydroxyl groups excluding tert-OH is 1. The number of carbonyl (C=O) groups is 1. The SMILES string of the molecule is COCC(CCO)NC(=O)c1nc(N)n[nH]1. The lowest BCUT2D eigenvalue weighted by molar-refractivity contribution is 0.0869. The van der Waals surface area contributed by atoms with Crippen LogP contribution in [0.4, 0.5) is 5.95 Å². The number of aromatic nitrogens is 3. The molecule has 1 aromatic rings. The van der Waals surface area contributed by atoms with Crippen molar-refractivity contribution in [3.63, 3.8) is 0 Å². The van der Waals surface area contributed by atoms with E-state index < -0.39 is 5.91 Å². The van der Waals surface area contributed by atoms with Crippen LogP contribution in [0.1, 0.15) is 17.0 Å². The van der Waals surface area contributed by atoms with E-state index in [-0.39, 0.29) is 24.4 Å². The van der Waals surface area contributed by atoms with E-state index in [4.69, 9.17) is 15.6 Å². The number of anilines is 1. The molecule has 0 radical (unpaired) electrons. The molecule has 0 aliphatic heterocycles. The first-order valence-electron chi connectivity index (χ1n) is 4.76. The number of ether oxygens (including phenoxy) is 1. The Bertz CT molecular complexity index is 334. The van der Waals surface area contributed by atoms with Crippen molar-refractivity contribution in [1.29, 1.82) is 0 Å². The van der Waals surface area contributed by atoms with Crippen LogP contribution in [0.15, 0.2) is 0 Å². The summed E-state index contributed by atoms with van der Waals surface area (Å²) in [7, 11) is 1.52. The van der Waals surface area contributed by atoms with Crippen molar-refractivity contribution in [2.75, 3.05) is 26.1 Å². The van der Waals surface area contributed by atoms with Gasteiger partial charge >= 0.3 is 0 Å². The molecule has 1 aromatic heterocycles. The number of hydrogen-bond acceptors (Lipinski definition) is 6. The molecule has 0 bridgehead atoms. The number of H-pyrrole nitrogens is 1. The van der Waals surface area contributed by atoms with Crippen LogP contribution in [0.2, 0.25) is 0 Å². The fourth-order valence-corrected chi connectivity index (χ4v) is 1.18. The van der Waals surface area contributed by atoms with E-state index in [1.807, 2.05) is 0 Å². The number of aromatic amines is 1. The number of methoxy groups -OCH3 is 1. The summed E-state index contributed by atoms with van der Waals surface area (Å²) in [6.07, 6.45) is 0.406. The summed E-state index contributed by atoms with van der Waals surface area (Å²) in [5, 5.41) is 17.4. The number of rotatable bonds is 6. The van der Waals surface area contributed by atoms with E-state index in [2.05, 4.69) is 20.5 Å². The molecule has 0 spiro atoms. The van der Waals surface area contributed by atoms with Crippen LogP contribution >= 0.6 is 0 Å². The Labute approximate surface area is 92.2 Å². The standard InChI is InChI=1S/C8H15N5O3/c1-16-4-5(2-3-14)10-7(15)6-11-8(9)13-12-6/h5,14H,2-4H2,1H3,(H,10,15)(H3,9,11,12,13). The van der Waals surface area contributed by atoms with Crippen molar-refractivity contribution in [1.82, 2.24) is 20.5 Å². The Balaban J connectivity index is 2.54. The number of carbonyl (C=O) groups excluding carboxylic acids is 1. The van der Waals surface area contributed by atoms with Crippen molar-refractivity contribution in [2.45, 2.75) is 12.5 Å². The van der Waals surface area contributed by atoms with Gasteiger partial charge in [-0.15, -0.1) is 5.10 Å². The highest BCUT2D eigenvalue weighted by Gasteiger charge is 2.16. The van der Waals surface area contributed by atoms with Crippen molar-refractivity contribution in [2.24, 2.45) is 0 Å². The third-order valence-corrected chi connectivity index (χ3v) is 1.90. The molecule has 1 rings (SSSR count). The van der Waals surface area contributed by atoms with Crippen LogP contribution in [0.25, 0.3) is 0 Å². The lowest BCUT2D eigenvalue weighted by Crippen LogP contribution is -2.39. The predicted molar refractivity (Wildman–Crippen MR) is 55.6 cm³/mol. The van der Waals surface area contributed by atoms with Gasteiger partial charge in [0, 0.05) is 13.7 Å². The topological polar surface area (TPSA) is 126 Å². The lowest BCUT2D eigenvalue weighted by Gasteiger charge is -2.15. The fraction of sp³-hybridized carbons (Fsp3) is 0.625. The van der Waals surface area contributed by atoms with Gasteiger partial charge in [-0.3, -0.25) is 9.89 Å². The molecule has 0 saturated carbocycles. The molecule has 1 unspecified atom stereocenters. The molecule has 1 amide bonds. The Morgan fingerprint density at radius 3 is 3.00 bits per heavy atom. The van der Waals surface area contributed by atoms with Crippen LogP contribution in [-0.4, -0.2) is 52.6 Å². The monoisotopic (exact) mass is 229 g/mol. The Kier molecular flexibility index (Phi) is 4.67. The minimum Gasteiger partial charge on any atom is -0.396 e. The van der Waals surface area contributed by atoms with Gasteiger partial charge in [0.25, 0.3) is 5.91 Å². The summed E-state index contributed by atoms with van der Waals surface area (Å²) in [4.78, 5) is 15.3. The summed E-state index contributed by atoms with van der Waals surface area (Å²) in [6.45, 7) is 0.281. The van der Waals surface area contributed by atoms with E-state index in [1.54, 1.807) is 0 Å². The Morgan fingerprint density at radius 2 is 2.50 bits per heavy atom. The zero-order chi connectivity index (χ0) is 12.0. The fourth-order valence-electron chi connectivity index (χ4n) is 1.18. The van der Waals surface area contributed by atoms with E-state index in [0.717, 1.165) is 0 Å². The number of hydrogen-bond donors (Lipinski definition) is 4. The van der Waals surface area contributed by atoms with Crippen LogP contribution in [0, 0.1) is 0 Å². The predicted octanol–water partition coefficient (Wildman–Crippen LogP) is -1.49. The number of nitrogens with zero attached hydrogens (tertiary/aromatic N) is 2. The Morgan fingerprint density at radius 1 is 1.75 bits per heavy atom. The maximum Gasteiger partial charge on any atom is 0.288 e. The molecule has 1 atom stereocenters. The number of nitrogens with one attached hydrogen (secondary N) is 2. The molecule has 5 N–H and O–H groups in total. The third-order valence-electron chi connectivity index (χ3n) is 1.90. The molecular formula is C8H15N5O3. The minimum absolute atomic E-state index is 0.00981. The third kappa shape index (κ3) is 3.48. The second kappa shape index (κ2) is 6.03. The number of aliphatic hydroxyl groups is 1. The summed E-state index contributed by atoms with van der Waals surface area (Å²) in [5.41, 5.74) is 5.27. The molecule has 16 heavy (non-hydrogen) atoms. The average Bonchev–Trinajstić information content (AvgIpc) is 2.65. The number of amides is 1. The van der Waals surface area contributed by atoms with Gasteiger partial charge in [-0.25, -0.2) is 0 Å². The van der Waals surface area contributed by atoms with Gasteiger partial charge in [-0.1, -0.05) is 0 Å². The van der Waals surface area contributed by atoms with E-state index in [0.29, 0.717) is 13.0 Å². The molecule has 8 heteroatoms. The maximum atomic E-state index is 11.6. The smallest absolute Gasteiger partial charge is 0.288 e. The van der Waals surface area contributed by atoms with Gasteiger partial charge in [-0.2, -0.15) is 4.98 Å². The number of nitrogen functional groups attached to an aromatic ring is 1. The summed E-state index contributed by atoms with van der Waals surface area (Å²) < 4.78 is 4.90. The van der Waals surface area contributed by atoms with Gasteiger partial charge in [0.1, 0.15) is 0 Å². The van der Waals surface area contributed by atoms with E-state index in [1.165, 1.54) is 7.11 Å². The van der Waals surface area contributed by atoms with Gasteiger partial charge in [0.2, 0.25) is 11.8 Å². The van der Waals surface area contributed by atoms with E-state index in [9.17, 15) is 4.79 Å². The summed E-state index contributed by atoms with van der Waals surface area (Å²) in [5.74, 6) is -0.383. The molecule has 1 heterocycles. The van der Waals surface area contributed by atoms with Crippen molar-refractivity contribution in [3.8, 4) is 0 Å². The highest BCUT2D eigenvalue weighted by atomic mass is 16.5. The van der Waals surface area contributed by atoms with E-state index >= 15 is 0 Å². The van der Waals surface area contributed by atoms with Gasteiger partial charge in [0.05, 0.1) is 12.6 Å². The molecular weight excluding hydrogens is 214 g/mol. The van der Waals surface area contributed by atoms with Crippen LogP contribution in [0.5, 0.6) is 0 Å². The summed E-state index contributed by atoms with van der Waals surface area (Å²) in [6, 6.07) is -0.270. The first-order valence-corrected chi connectivity index (χ1v) is 4.76. The van der Waals surface area contributed by atoms with Crippen LogP contribution in [0.3, 0.4) is 0 Å². The van der Waals surface area contributed by atoms with Crippen molar-refractivity contribution < 1.29 is 14.6 Å². The second-order valence-electron chi connectivity index (χ2n) is 3.18. The van der Waals surface area contributed by atoms with Crippen molar-refractivity contribution >= 4 is 11.9 Å². The lowest BCUT2D eigenvalue weighted by atomic mass is 10.2. The minimum atomic E-state index is -0.431. The second-order valence-corrected chi connectivity index (χ2v) is 3.18. The molecule has 8 nitrogen and oxygen atoms in total. The Hall–Kier alpha value is -1.67. The molecule has 0 aliphatic carbocycles. The normalized spacial score (nSPS) is 12.4. The highest BCUT2D eigenvalue weighted by Crippen LogP contribution is 1.97. The molecule has 0 aromatic carbocycles. The molecule has 90 valence electrons. The number of nitrogens with two attached hydrogens (primary N) is 1. The van der Waals surface area contributed by atoms with Crippen LogP contribution < -0.4 is 11.1 Å². The highest BCUT2D eigenvalue weighted by molar-refractivity contribution is 5.90. The van der Waals surface area contributed by atoms with Gasteiger partial charge < -0.3 is 20.9 Å². The average molecular weight is 229 g/mol. The summed E-state index contributed by atoms with van der Waals surface area (Å²) >= 11 is 0. The van der Waals surface area contributed by atoms with Gasteiger partial charge in [-0.05, 0) is 6.42 Å². The first-order chi connectivity index (χ1) is 7.67. The zero-order valence-corrected chi connectivity index (χ0v) is 8.93. The molecule has 0 fully saturated rings. The largest absolute Gasteiger partial charge is 0.396 e. The first kappa shape index (κ1) is 12.4. The maximum absolute atomic E-state index is 11.6. The molecule has 0 saturated heterocycles. The van der Waals surface area contributed by atoms with Gasteiger partial charge in [0.15, 0.2) is 0 Å².